The number of nitrogens with zero attached hydrogens (tertiary/aromatic N) is 3. The highest BCUT2D eigenvalue weighted by molar-refractivity contribution is 7.19. The van der Waals surface area contributed by atoms with E-state index in [1.54, 1.807) is 18.3 Å². The standard InChI is InChI=1S/C19H15N3OS/c1-12-3-5-16(6-4-12)18-21-22-11-17(20-19(22)24-18)15-9-7-14(8-10-15)13(2)23/h3-11H,1-2H3. The number of ketones is 1. The normalized spacial score (nSPS) is 11.1. The molecule has 0 N–H and O–H groups in total. The number of carbonyl (C=O) groups is 1. The van der Waals surface area contributed by atoms with E-state index in [4.69, 9.17) is 0 Å². The third kappa shape index (κ3) is 2.63. The summed E-state index contributed by atoms with van der Waals surface area (Å²) in [6.45, 7) is 3.64. The zero-order chi connectivity index (χ0) is 16.7. The van der Waals surface area contributed by atoms with Gasteiger partial charge in [-0.3, -0.25) is 4.79 Å². The van der Waals surface area contributed by atoms with Crippen LogP contribution in [-0.2, 0) is 0 Å². The van der Waals surface area contributed by atoms with Crippen molar-refractivity contribution in [2.45, 2.75) is 13.8 Å². The molecule has 4 rings (SSSR count). The molecule has 0 aliphatic rings. The summed E-state index contributed by atoms with van der Waals surface area (Å²) in [5.41, 5.74) is 4.88. The van der Waals surface area contributed by atoms with E-state index in [1.807, 2.05) is 35.0 Å². The number of hydrogen-bond donors (Lipinski definition) is 0. The number of hydrogen-bond acceptors (Lipinski definition) is 4. The lowest BCUT2D eigenvalue weighted by Crippen LogP contribution is -1.90. The molecule has 0 saturated heterocycles. The van der Waals surface area contributed by atoms with Crippen LogP contribution in [0.3, 0.4) is 0 Å². The van der Waals surface area contributed by atoms with Crippen molar-refractivity contribution >= 4 is 22.1 Å². The molecular formula is C19H15N3OS. The van der Waals surface area contributed by atoms with Crippen LogP contribution in [0, 0.1) is 6.92 Å². The smallest absolute Gasteiger partial charge is 0.213 e. The lowest BCUT2D eigenvalue weighted by Gasteiger charge is -1.98. The molecule has 0 fully saturated rings. The van der Waals surface area contributed by atoms with Crippen LogP contribution < -0.4 is 0 Å². The van der Waals surface area contributed by atoms with E-state index in [2.05, 4.69) is 41.3 Å². The van der Waals surface area contributed by atoms with Crippen LogP contribution >= 0.6 is 11.3 Å². The lowest BCUT2D eigenvalue weighted by atomic mass is 10.1. The maximum Gasteiger partial charge on any atom is 0.213 e. The Hall–Kier alpha value is -2.79. The van der Waals surface area contributed by atoms with Gasteiger partial charge in [0.2, 0.25) is 4.96 Å². The molecule has 2 aromatic heterocycles. The minimum absolute atomic E-state index is 0.0665. The Balaban J connectivity index is 1.68. The van der Waals surface area contributed by atoms with Crippen molar-refractivity contribution in [2.24, 2.45) is 0 Å². The Morgan fingerprint density at radius 1 is 1.00 bits per heavy atom. The fourth-order valence-electron chi connectivity index (χ4n) is 2.53. The predicted octanol–water partition coefficient (Wildman–Crippen LogP) is 4.64. The van der Waals surface area contributed by atoms with Gasteiger partial charge in [0.25, 0.3) is 0 Å². The third-order valence-corrected chi connectivity index (χ3v) is 4.90. The Morgan fingerprint density at radius 2 is 1.67 bits per heavy atom. The molecule has 0 radical (unpaired) electrons. The third-order valence-electron chi connectivity index (χ3n) is 3.93. The minimum Gasteiger partial charge on any atom is -0.295 e. The summed E-state index contributed by atoms with van der Waals surface area (Å²) >= 11 is 1.57. The zero-order valence-electron chi connectivity index (χ0n) is 13.4. The maximum absolute atomic E-state index is 11.4. The largest absolute Gasteiger partial charge is 0.295 e. The fraction of sp³-hybridized carbons (Fsp3) is 0.105. The second-order valence-electron chi connectivity index (χ2n) is 5.76. The number of rotatable bonds is 3. The Labute approximate surface area is 143 Å². The van der Waals surface area contributed by atoms with Gasteiger partial charge >= 0.3 is 0 Å². The van der Waals surface area contributed by atoms with Crippen molar-refractivity contribution in [1.82, 2.24) is 14.6 Å². The van der Waals surface area contributed by atoms with Gasteiger partial charge in [-0.25, -0.2) is 9.50 Å². The molecule has 0 bridgehead atoms. The van der Waals surface area contributed by atoms with E-state index < -0.39 is 0 Å². The second-order valence-corrected chi connectivity index (χ2v) is 6.72. The Morgan fingerprint density at radius 3 is 2.29 bits per heavy atom. The van der Waals surface area contributed by atoms with Gasteiger partial charge < -0.3 is 0 Å². The molecule has 2 aromatic carbocycles. The molecule has 4 aromatic rings. The quantitative estimate of drug-likeness (QED) is 0.513. The van der Waals surface area contributed by atoms with Gasteiger partial charge in [0.05, 0.1) is 11.9 Å². The van der Waals surface area contributed by atoms with Gasteiger partial charge in [-0.15, -0.1) is 0 Å². The first-order valence-corrected chi connectivity index (χ1v) is 8.46. The highest BCUT2D eigenvalue weighted by atomic mass is 32.1. The van der Waals surface area contributed by atoms with Gasteiger partial charge in [0.1, 0.15) is 5.01 Å². The van der Waals surface area contributed by atoms with Crippen LogP contribution in [0.2, 0.25) is 0 Å². The van der Waals surface area contributed by atoms with Crippen molar-refractivity contribution < 1.29 is 4.79 Å². The van der Waals surface area contributed by atoms with Crippen molar-refractivity contribution in [3.63, 3.8) is 0 Å². The highest BCUT2D eigenvalue weighted by Gasteiger charge is 2.11. The summed E-state index contributed by atoms with van der Waals surface area (Å²) in [6.07, 6.45) is 1.92. The second kappa shape index (κ2) is 5.69. The van der Waals surface area contributed by atoms with E-state index >= 15 is 0 Å². The van der Waals surface area contributed by atoms with Crippen LogP contribution in [0.25, 0.3) is 26.8 Å². The number of Topliss-reactive ketones (excluding diaryl/α,β-unsaturated/α-hetero) is 1. The van der Waals surface area contributed by atoms with Crippen molar-refractivity contribution in [3.8, 4) is 21.8 Å². The van der Waals surface area contributed by atoms with Crippen LogP contribution in [0.1, 0.15) is 22.8 Å². The van der Waals surface area contributed by atoms with E-state index in [1.165, 1.54) is 5.56 Å². The number of aromatic nitrogens is 3. The molecule has 0 spiro atoms. The minimum atomic E-state index is 0.0665. The summed E-state index contributed by atoms with van der Waals surface area (Å²) < 4.78 is 1.81. The van der Waals surface area contributed by atoms with Gasteiger partial charge in [-0.05, 0) is 13.8 Å². The molecule has 0 atom stereocenters. The van der Waals surface area contributed by atoms with Crippen LogP contribution in [0.15, 0.2) is 54.7 Å². The average molecular weight is 333 g/mol. The SMILES string of the molecule is CC(=O)c1ccc(-c2cn3nc(-c4ccc(C)cc4)sc3n2)cc1. The molecule has 5 heteroatoms. The zero-order valence-corrected chi connectivity index (χ0v) is 14.2. The number of benzene rings is 2. The summed E-state index contributed by atoms with van der Waals surface area (Å²) in [7, 11) is 0. The molecular weight excluding hydrogens is 318 g/mol. The summed E-state index contributed by atoms with van der Waals surface area (Å²) in [4.78, 5) is 16.9. The summed E-state index contributed by atoms with van der Waals surface area (Å²) in [6, 6.07) is 15.8. The first-order chi connectivity index (χ1) is 11.6. The molecule has 0 aliphatic carbocycles. The van der Waals surface area contributed by atoms with Crippen molar-refractivity contribution in [3.05, 3.63) is 65.9 Å². The van der Waals surface area contributed by atoms with E-state index in [-0.39, 0.29) is 5.78 Å². The first-order valence-electron chi connectivity index (χ1n) is 7.65. The topological polar surface area (TPSA) is 47.3 Å². The molecule has 0 amide bonds. The fourth-order valence-corrected chi connectivity index (χ4v) is 3.41. The van der Waals surface area contributed by atoms with Gasteiger partial charge in [-0.2, -0.15) is 5.10 Å². The van der Waals surface area contributed by atoms with E-state index in [0.717, 1.165) is 26.8 Å². The van der Waals surface area contributed by atoms with E-state index in [0.29, 0.717) is 5.56 Å². The number of carbonyl (C=O) groups excluding carboxylic acids is 1. The predicted molar refractivity (Wildman–Crippen MR) is 96.5 cm³/mol. The molecule has 24 heavy (non-hydrogen) atoms. The Bertz CT molecular complexity index is 995. The van der Waals surface area contributed by atoms with Gasteiger partial charge in [0, 0.05) is 16.7 Å². The summed E-state index contributed by atoms with van der Waals surface area (Å²) in [5.74, 6) is 0.0665. The van der Waals surface area contributed by atoms with Crippen molar-refractivity contribution in [1.29, 1.82) is 0 Å². The highest BCUT2D eigenvalue weighted by Crippen LogP contribution is 2.28. The van der Waals surface area contributed by atoms with Crippen molar-refractivity contribution in [2.75, 3.05) is 0 Å². The number of aryl methyl sites for hydroxylation is 1. The molecule has 118 valence electrons. The monoisotopic (exact) mass is 333 g/mol. The molecule has 2 heterocycles. The maximum atomic E-state index is 11.4. The molecule has 4 nitrogen and oxygen atoms in total. The van der Waals surface area contributed by atoms with Gasteiger partial charge in [0.15, 0.2) is 5.78 Å². The number of fused-ring (bicyclic) bond motifs is 1. The van der Waals surface area contributed by atoms with Crippen LogP contribution in [0.5, 0.6) is 0 Å². The average Bonchev–Trinajstić information content (AvgIpc) is 3.14. The summed E-state index contributed by atoms with van der Waals surface area (Å²) in [5, 5.41) is 5.58. The molecule has 0 unspecified atom stereocenters. The Kier molecular flexibility index (Phi) is 3.50. The van der Waals surface area contributed by atoms with E-state index in [9.17, 15) is 4.79 Å². The number of imidazole rings is 1. The molecule has 0 aliphatic heterocycles. The first kappa shape index (κ1) is 14.8. The molecule has 0 saturated carbocycles. The lowest BCUT2D eigenvalue weighted by molar-refractivity contribution is 0.101. The van der Waals surface area contributed by atoms with Gasteiger partial charge in [-0.1, -0.05) is 65.4 Å². The van der Waals surface area contributed by atoms with Crippen LogP contribution in [-0.4, -0.2) is 20.4 Å². The van der Waals surface area contributed by atoms with Crippen LogP contribution in [0.4, 0.5) is 0 Å².